The lowest BCUT2D eigenvalue weighted by molar-refractivity contribution is 0.0989. The van der Waals surface area contributed by atoms with E-state index >= 15 is 4.39 Å². The number of ketones is 1. The maximum Gasteiger partial charge on any atom is 0.282 e. The molecule has 13 heteroatoms. The van der Waals surface area contributed by atoms with E-state index in [1.165, 1.54) is 53.5 Å². The fourth-order valence-corrected chi connectivity index (χ4v) is 5.68. The summed E-state index contributed by atoms with van der Waals surface area (Å²) < 4.78 is 60.1. The van der Waals surface area contributed by atoms with Crippen LogP contribution in [0.4, 0.5) is 8.78 Å². The molecule has 0 radical (unpaired) electrons. The van der Waals surface area contributed by atoms with E-state index in [1.54, 1.807) is 31.0 Å². The van der Waals surface area contributed by atoms with Crippen LogP contribution < -0.4 is 19.8 Å². The molecule has 0 fully saturated rings. The fourth-order valence-electron chi connectivity index (χ4n) is 5.68. The maximum atomic E-state index is 15.5. The van der Waals surface area contributed by atoms with Gasteiger partial charge < -0.3 is 23.7 Å². The number of carbonyl (C=O) groups is 1. The lowest BCUT2D eigenvalue weighted by atomic mass is 9.99. The van der Waals surface area contributed by atoms with Gasteiger partial charge in [-0.15, -0.1) is 0 Å². The number of Topliss-reactive ketones (excluding diaryl/α,β-unsaturated/α-hetero) is 1. The van der Waals surface area contributed by atoms with Gasteiger partial charge in [0.2, 0.25) is 5.88 Å². The Morgan fingerprint density at radius 1 is 0.875 bits per heavy atom. The zero-order valence-corrected chi connectivity index (χ0v) is 26.5. The molecule has 0 saturated heterocycles. The van der Waals surface area contributed by atoms with Crippen LogP contribution in [-0.2, 0) is 28.9 Å². The smallest absolute Gasteiger partial charge is 0.282 e. The first-order valence-corrected chi connectivity index (χ1v) is 15.5. The van der Waals surface area contributed by atoms with Crippen molar-refractivity contribution in [2.75, 3.05) is 40.6 Å². The highest BCUT2D eigenvalue weighted by molar-refractivity contribution is 5.98. The lowest BCUT2D eigenvalue weighted by Crippen LogP contribution is -2.24. The third-order valence-corrected chi connectivity index (χ3v) is 7.98. The van der Waals surface area contributed by atoms with Crippen molar-refractivity contribution < 1.29 is 37.3 Å². The van der Waals surface area contributed by atoms with Crippen molar-refractivity contribution in [2.24, 2.45) is 0 Å². The first kappa shape index (κ1) is 32.8. The highest BCUT2D eigenvalue weighted by Gasteiger charge is 2.28. The molecule has 0 atom stereocenters. The second-order valence-corrected chi connectivity index (χ2v) is 11.1. The van der Waals surface area contributed by atoms with Gasteiger partial charge in [-0.2, -0.15) is 0 Å². The summed E-state index contributed by atoms with van der Waals surface area (Å²) in [6.45, 7) is 1.84. The Balaban J connectivity index is 1.25. The molecule has 0 saturated carbocycles. The summed E-state index contributed by atoms with van der Waals surface area (Å²) in [6, 6.07) is 13.1. The highest BCUT2D eigenvalue weighted by Crippen LogP contribution is 2.36. The van der Waals surface area contributed by atoms with Crippen molar-refractivity contribution in [3.63, 3.8) is 0 Å². The quantitative estimate of drug-likeness (QED) is 0.113. The van der Waals surface area contributed by atoms with Crippen LogP contribution in [0.5, 0.6) is 23.1 Å². The average Bonchev–Trinajstić information content (AvgIpc) is 3.38. The molecule has 0 bridgehead atoms. The molecular weight excluding hydrogens is 626 g/mol. The van der Waals surface area contributed by atoms with Crippen LogP contribution in [0, 0.1) is 11.6 Å². The van der Waals surface area contributed by atoms with Gasteiger partial charge in [0.15, 0.2) is 17.3 Å². The summed E-state index contributed by atoms with van der Waals surface area (Å²) in [5.41, 5.74) is 1.20. The number of hydrogen-bond acceptors (Lipinski definition) is 9. The zero-order valence-electron chi connectivity index (χ0n) is 26.5. The van der Waals surface area contributed by atoms with Crippen LogP contribution in [0.1, 0.15) is 34.5 Å². The molecule has 3 heterocycles. The van der Waals surface area contributed by atoms with Crippen LogP contribution in [0.25, 0.3) is 16.6 Å². The number of carbonyl (C=O) groups excluding carboxylic acids is 1. The Morgan fingerprint density at radius 2 is 1.60 bits per heavy atom. The third kappa shape index (κ3) is 6.92. The normalized spacial score (nSPS) is 12.6. The summed E-state index contributed by atoms with van der Waals surface area (Å²) in [4.78, 5) is 35.7. The number of fused-ring (bicyclic) bond motifs is 2. The van der Waals surface area contributed by atoms with Gasteiger partial charge in [-0.25, -0.2) is 23.4 Å². The topological polar surface area (TPSA) is 116 Å². The summed E-state index contributed by atoms with van der Waals surface area (Å²) in [7, 11) is 3.15. The van der Waals surface area contributed by atoms with Crippen LogP contribution in [0.2, 0.25) is 0 Å². The van der Waals surface area contributed by atoms with E-state index in [0.717, 1.165) is 12.8 Å². The first-order chi connectivity index (χ1) is 23.4. The summed E-state index contributed by atoms with van der Waals surface area (Å²) in [6.07, 6.45) is 3.18. The minimum Gasteiger partial charge on any atom is -0.487 e. The Bertz CT molecular complexity index is 1990. The molecule has 0 N–H and O–H groups in total. The van der Waals surface area contributed by atoms with Gasteiger partial charge in [-0.1, -0.05) is 6.07 Å². The first-order valence-electron chi connectivity index (χ1n) is 15.5. The van der Waals surface area contributed by atoms with E-state index in [9.17, 15) is 14.0 Å². The summed E-state index contributed by atoms with van der Waals surface area (Å²) in [5.74, 6) is -0.431. The number of nitrogens with zero attached hydrogens (tertiary/aromatic N) is 4. The number of rotatable bonds is 14. The van der Waals surface area contributed by atoms with Crippen molar-refractivity contribution in [3.05, 3.63) is 99.7 Å². The lowest BCUT2D eigenvalue weighted by Gasteiger charge is -2.19. The van der Waals surface area contributed by atoms with Crippen molar-refractivity contribution in [2.45, 2.75) is 32.2 Å². The number of halogens is 2. The van der Waals surface area contributed by atoms with Crippen LogP contribution in [-0.4, -0.2) is 65.8 Å². The minimum atomic E-state index is -0.677. The van der Waals surface area contributed by atoms with E-state index in [2.05, 4.69) is 9.97 Å². The van der Waals surface area contributed by atoms with Gasteiger partial charge in [0, 0.05) is 39.3 Å². The molecule has 6 rings (SSSR count). The molecular formula is C35H34F2N4O7. The number of ether oxygens (including phenoxy) is 5. The summed E-state index contributed by atoms with van der Waals surface area (Å²) in [5, 5.41) is 0.500. The number of aromatic nitrogens is 4. The van der Waals surface area contributed by atoms with Crippen molar-refractivity contribution in [1.82, 2.24) is 19.3 Å². The number of methoxy groups -OCH3 is 2. The molecule has 11 nitrogen and oxygen atoms in total. The highest BCUT2D eigenvalue weighted by atomic mass is 19.1. The number of benzene rings is 3. The molecule has 0 spiro atoms. The largest absolute Gasteiger partial charge is 0.487 e. The molecule has 250 valence electrons. The Morgan fingerprint density at radius 3 is 2.31 bits per heavy atom. The van der Waals surface area contributed by atoms with Crippen LogP contribution >= 0.6 is 0 Å². The number of hydrogen-bond donors (Lipinski definition) is 0. The zero-order chi connectivity index (χ0) is 33.6. The van der Waals surface area contributed by atoms with Gasteiger partial charge in [0.05, 0.1) is 35.5 Å². The van der Waals surface area contributed by atoms with Gasteiger partial charge in [0.25, 0.3) is 5.56 Å². The molecule has 0 aliphatic carbocycles. The Kier molecular flexibility index (Phi) is 10.1. The molecule has 3 aromatic carbocycles. The van der Waals surface area contributed by atoms with Crippen molar-refractivity contribution >= 4 is 16.7 Å². The average molecular weight is 661 g/mol. The Labute approximate surface area is 274 Å². The van der Waals surface area contributed by atoms with E-state index in [0.29, 0.717) is 66.6 Å². The van der Waals surface area contributed by atoms with Gasteiger partial charge in [0.1, 0.15) is 42.5 Å². The molecule has 2 aromatic heterocycles. The van der Waals surface area contributed by atoms with E-state index < -0.39 is 23.0 Å². The predicted octanol–water partition coefficient (Wildman–Crippen LogP) is 5.46. The molecule has 1 aliphatic heterocycles. The monoisotopic (exact) mass is 660 g/mol. The fraction of sp³-hybridized carbons (Fsp3) is 0.314. The summed E-state index contributed by atoms with van der Waals surface area (Å²) >= 11 is 0. The van der Waals surface area contributed by atoms with Crippen LogP contribution in [0.3, 0.4) is 0 Å². The second-order valence-electron chi connectivity index (χ2n) is 11.1. The van der Waals surface area contributed by atoms with Crippen LogP contribution in [0.15, 0.2) is 65.7 Å². The predicted molar refractivity (Wildman–Crippen MR) is 172 cm³/mol. The maximum absolute atomic E-state index is 15.5. The minimum absolute atomic E-state index is 0.0281. The Hall–Kier alpha value is -5.14. The SMILES string of the molecule is COCCOc1cc2ncnc(Oc3ccc(CC(=O)c4c5n(n(-c6ccc(F)cc6)c4=O)CCCC5)c(F)c3)c2cc1OCCOC. The molecule has 0 amide bonds. The van der Waals surface area contributed by atoms with E-state index in [1.807, 2.05) is 0 Å². The molecule has 48 heavy (non-hydrogen) atoms. The van der Waals surface area contributed by atoms with Gasteiger partial charge >= 0.3 is 0 Å². The molecule has 1 aliphatic rings. The standard InChI is InChI=1S/C35H34F2N4O7/c1-44-13-15-46-31-19-26-28(20-32(31)47-16-14-45-2)38-21-39-34(26)48-25-11-6-22(27(37)18-25)17-30(42)33-29-5-3-4-12-40(29)41(35(33)43)24-9-7-23(36)8-10-24/h6-11,18-21H,3-5,12-17H2,1-2H3. The van der Waals surface area contributed by atoms with E-state index in [-0.39, 0.29) is 35.8 Å². The molecule has 0 unspecified atom stereocenters. The van der Waals surface area contributed by atoms with Crippen molar-refractivity contribution in [3.8, 4) is 28.8 Å². The van der Waals surface area contributed by atoms with Gasteiger partial charge in [-0.05, 0) is 61.2 Å². The molecule has 5 aromatic rings. The second kappa shape index (κ2) is 14.7. The van der Waals surface area contributed by atoms with E-state index in [4.69, 9.17) is 23.7 Å². The van der Waals surface area contributed by atoms with Gasteiger partial charge in [-0.3, -0.25) is 14.3 Å². The van der Waals surface area contributed by atoms with Crippen molar-refractivity contribution in [1.29, 1.82) is 0 Å². The third-order valence-electron chi connectivity index (χ3n) is 7.98.